The van der Waals surface area contributed by atoms with Gasteiger partial charge in [0.05, 0.1) is 13.2 Å². The number of rotatable bonds is 5. The van der Waals surface area contributed by atoms with Crippen molar-refractivity contribution in [1.82, 2.24) is 10.4 Å². The molecule has 2 aromatic rings. The summed E-state index contributed by atoms with van der Waals surface area (Å²) in [5.74, 6) is 0.868. The van der Waals surface area contributed by atoms with Crippen molar-refractivity contribution in [3.8, 4) is 5.75 Å². The molecule has 2 aromatic carbocycles. The van der Waals surface area contributed by atoms with Crippen LogP contribution in [0.4, 0.5) is 5.69 Å². The van der Waals surface area contributed by atoms with Gasteiger partial charge in [0.25, 0.3) is 0 Å². The van der Waals surface area contributed by atoms with Gasteiger partial charge in [-0.3, -0.25) is 5.01 Å². The highest BCUT2D eigenvalue weighted by Gasteiger charge is 2.18. The van der Waals surface area contributed by atoms with Gasteiger partial charge in [0.2, 0.25) is 0 Å². The van der Waals surface area contributed by atoms with Gasteiger partial charge in [-0.05, 0) is 47.5 Å². The number of hydrogen-bond acceptors (Lipinski definition) is 4. The third-order valence-corrected chi connectivity index (χ3v) is 4.10. The van der Waals surface area contributed by atoms with Gasteiger partial charge in [-0.15, -0.1) is 0 Å². The maximum Gasteiger partial charge on any atom is 0.118 e. The fourth-order valence-corrected chi connectivity index (χ4v) is 2.65. The Hall–Kier alpha value is -2.88. The molecule has 1 unspecified atom stereocenters. The Labute approximate surface area is 143 Å². The van der Waals surface area contributed by atoms with Crippen LogP contribution in [0.3, 0.4) is 0 Å². The van der Waals surface area contributed by atoms with E-state index in [9.17, 15) is 0 Å². The van der Waals surface area contributed by atoms with Crippen LogP contribution >= 0.6 is 0 Å². The second-order valence-corrected chi connectivity index (χ2v) is 5.92. The van der Waals surface area contributed by atoms with Gasteiger partial charge in [-0.1, -0.05) is 24.3 Å². The predicted octanol–water partition coefficient (Wildman–Crippen LogP) is 3.81. The number of benzene rings is 2. The molecule has 1 N–H and O–H groups in total. The van der Waals surface area contributed by atoms with Crippen molar-refractivity contribution in [1.29, 1.82) is 0 Å². The lowest BCUT2D eigenvalue weighted by Crippen LogP contribution is -2.26. The Kier molecular flexibility index (Phi) is 4.75. The largest absolute Gasteiger partial charge is 0.497 e. The molecule has 3 rings (SSSR count). The van der Waals surface area contributed by atoms with Crippen LogP contribution in [-0.2, 0) is 0 Å². The van der Waals surface area contributed by atoms with E-state index in [4.69, 9.17) is 4.74 Å². The summed E-state index contributed by atoms with van der Waals surface area (Å²) in [4.78, 5) is 2.11. The number of ether oxygens (including phenoxy) is 1. The number of nitrogens with zero attached hydrogens (tertiary/aromatic N) is 2. The number of nitrogens with one attached hydrogen (secondary N) is 1. The van der Waals surface area contributed by atoms with E-state index in [0.717, 1.165) is 11.3 Å². The standard InChI is InChI=1S/C20H23N3O/c1-22(2)18-8-6-17(7-9-18)20-12-14-21-23(20)15-13-16-4-10-19(24-3)11-5-16/h4-15,20-21H,1-3H3. The Morgan fingerprint density at radius 1 is 1.04 bits per heavy atom. The lowest BCUT2D eigenvalue weighted by atomic mass is 10.1. The topological polar surface area (TPSA) is 27.7 Å². The minimum absolute atomic E-state index is 0.190. The summed E-state index contributed by atoms with van der Waals surface area (Å²) in [6, 6.07) is 16.8. The molecule has 1 heterocycles. The highest BCUT2D eigenvalue weighted by molar-refractivity contribution is 5.51. The molecular formula is C20H23N3O. The van der Waals surface area contributed by atoms with E-state index in [1.807, 2.05) is 30.5 Å². The molecule has 1 atom stereocenters. The molecule has 0 saturated carbocycles. The molecule has 4 heteroatoms. The third kappa shape index (κ3) is 3.54. The summed E-state index contributed by atoms with van der Waals surface area (Å²) >= 11 is 0. The Morgan fingerprint density at radius 2 is 1.75 bits per heavy atom. The predicted molar refractivity (Wildman–Crippen MR) is 99.7 cm³/mol. The van der Waals surface area contributed by atoms with E-state index in [2.05, 4.69) is 72.0 Å². The van der Waals surface area contributed by atoms with Crippen LogP contribution in [0.25, 0.3) is 6.08 Å². The van der Waals surface area contributed by atoms with E-state index in [1.54, 1.807) is 7.11 Å². The van der Waals surface area contributed by atoms with Gasteiger partial charge in [0, 0.05) is 32.2 Å². The van der Waals surface area contributed by atoms with Crippen molar-refractivity contribution in [3.63, 3.8) is 0 Å². The zero-order chi connectivity index (χ0) is 16.9. The zero-order valence-corrected chi connectivity index (χ0v) is 14.3. The van der Waals surface area contributed by atoms with E-state index < -0.39 is 0 Å². The molecule has 0 amide bonds. The number of methoxy groups -OCH3 is 1. The summed E-state index contributed by atoms with van der Waals surface area (Å²) in [5, 5.41) is 2.09. The molecule has 0 spiro atoms. The van der Waals surface area contributed by atoms with Crippen molar-refractivity contribution < 1.29 is 4.74 Å². The van der Waals surface area contributed by atoms with Gasteiger partial charge in [0.1, 0.15) is 5.75 Å². The molecule has 1 aliphatic heterocycles. The zero-order valence-electron chi connectivity index (χ0n) is 14.3. The first-order valence-corrected chi connectivity index (χ1v) is 7.98. The van der Waals surface area contributed by atoms with Crippen LogP contribution in [0, 0.1) is 0 Å². The number of anilines is 1. The van der Waals surface area contributed by atoms with Crippen molar-refractivity contribution in [2.45, 2.75) is 6.04 Å². The fraction of sp³-hybridized carbons (Fsp3) is 0.200. The summed E-state index contributed by atoms with van der Waals surface area (Å²) in [6.07, 6.45) is 8.28. The van der Waals surface area contributed by atoms with Gasteiger partial charge in [-0.25, -0.2) is 0 Å². The first-order chi connectivity index (χ1) is 11.7. The van der Waals surface area contributed by atoms with Crippen molar-refractivity contribution in [2.75, 3.05) is 26.1 Å². The first-order valence-electron chi connectivity index (χ1n) is 7.98. The second-order valence-electron chi connectivity index (χ2n) is 5.92. The normalized spacial score (nSPS) is 16.5. The van der Waals surface area contributed by atoms with Crippen molar-refractivity contribution >= 4 is 11.8 Å². The Balaban J connectivity index is 1.72. The molecule has 0 radical (unpaired) electrons. The maximum atomic E-state index is 5.19. The van der Waals surface area contributed by atoms with Crippen LogP contribution in [-0.4, -0.2) is 26.2 Å². The summed E-state index contributed by atoms with van der Waals surface area (Å²) in [7, 11) is 5.78. The second kappa shape index (κ2) is 7.13. The van der Waals surface area contributed by atoms with Crippen molar-refractivity contribution in [3.05, 3.63) is 78.1 Å². The average Bonchev–Trinajstić information content (AvgIpc) is 3.09. The minimum Gasteiger partial charge on any atom is -0.497 e. The van der Waals surface area contributed by atoms with Crippen LogP contribution in [0.2, 0.25) is 0 Å². The third-order valence-electron chi connectivity index (χ3n) is 4.10. The smallest absolute Gasteiger partial charge is 0.118 e. The van der Waals surface area contributed by atoms with Gasteiger partial charge >= 0.3 is 0 Å². The molecule has 0 aliphatic carbocycles. The van der Waals surface area contributed by atoms with Gasteiger partial charge in [0.15, 0.2) is 0 Å². The van der Waals surface area contributed by atoms with Gasteiger partial charge < -0.3 is 15.1 Å². The minimum atomic E-state index is 0.190. The van der Waals surface area contributed by atoms with E-state index in [1.165, 1.54) is 11.3 Å². The maximum absolute atomic E-state index is 5.19. The average molecular weight is 321 g/mol. The van der Waals surface area contributed by atoms with E-state index in [-0.39, 0.29) is 6.04 Å². The summed E-state index contributed by atoms with van der Waals surface area (Å²) in [6.45, 7) is 0. The lowest BCUT2D eigenvalue weighted by Gasteiger charge is -2.23. The lowest BCUT2D eigenvalue weighted by molar-refractivity contribution is 0.298. The molecule has 0 fully saturated rings. The Morgan fingerprint density at radius 3 is 2.38 bits per heavy atom. The van der Waals surface area contributed by atoms with Gasteiger partial charge in [-0.2, -0.15) is 0 Å². The monoisotopic (exact) mass is 321 g/mol. The fourth-order valence-electron chi connectivity index (χ4n) is 2.65. The van der Waals surface area contributed by atoms with Crippen LogP contribution in [0.15, 0.2) is 67.0 Å². The molecule has 1 aliphatic rings. The molecular weight excluding hydrogens is 298 g/mol. The van der Waals surface area contributed by atoms with Crippen molar-refractivity contribution in [2.24, 2.45) is 0 Å². The highest BCUT2D eigenvalue weighted by Crippen LogP contribution is 2.26. The highest BCUT2D eigenvalue weighted by atomic mass is 16.5. The molecule has 0 bridgehead atoms. The Bertz CT molecular complexity index is 718. The molecule has 0 aromatic heterocycles. The molecule has 4 nitrogen and oxygen atoms in total. The molecule has 24 heavy (non-hydrogen) atoms. The quantitative estimate of drug-likeness (QED) is 0.906. The van der Waals surface area contributed by atoms with E-state index in [0.29, 0.717) is 0 Å². The SMILES string of the molecule is COc1ccc(C=CN2NC=CC2c2ccc(N(C)C)cc2)cc1. The molecule has 0 saturated heterocycles. The summed E-state index contributed by atoms with van der Waals surface area (Å²) < 4.78 is 5.19. The van der Waals surface area contributed by atoms with E-state index >= 15 is 0 Å². The van der Waals surface area contributed by atoms with Crippen LogP contribution in [0.5, 0.6) is 5.75 Å². The number of hydrogen-bond donors (Lipinski definition) is 1. The van der Waals surface area contributed by atoms with Crippen LogP contribution in [0.1, 0.15) is 17.2 Å². The molecule has 124 valence electrons. The first kappa shape index (κ1) is 16.0. The summed E-state index contributed by atoms with van der Waals surface area (Å²) in [5.41, 5.74) is 6.85. The van der Waals surface area contributed by atoms with Crippen LogP contribution < -0.4 is 15.1 Å². The number of hydrazine groups is 1.